The Morgan fingerprint density at radius 1 is 1.10 bits per heavy atom. The first-order valence-electron chi connectivity index (χ1n) is 8.76. The first-order chi connectivity index (χ1) is 13.7. The monoisotopic (exact) mass is 538 g/mol. The molecule has 158 valence electrons. The summed E-state index contributed by atoms with van der Waals surface area (Å²) in [7, 11) is 1.46. The van der Waals surface area contributed by atoms with Gasteiger partial charge in [-0.25, -0.2) is 0 Å². The van der Waals surface area contributed by atoms with Gasteiger partial charge in [-0.15, -0.1) is 13.2 Å². The Hall–Kier alpha value is -1.49. The molecule has 29 heavy (non-hydrogen) atoms. The summed E-state index contributed by atoms with van der Waals surface area (Å²) in [5, 5.41) is 13.6. The fourth-order valence-corrected chi connectivity index (χ4v) is 4.29. The predicted octanol–water partition coefficient (Wildman–Crippen LogP) is 4.82. The normalized spacial score (nSPS) is 16.5. The highest BCUT2D eigenvalue weighted by Crippen LogP contribution is 2.46. The molecule has 1 saturated heterocycles. The lowest BCUT2D eigenvalue weighted by Crippen LogP contribution is -2.45. The van der Waals surface area contributed by atoms with Crippen LogP contribution < -0.4 is 14.8 Å². The summed E-state index contributed by atoms with van der Waals surface area (Å²) in [6, 6.07) is 7.31. The summed E-state index contributed by atoms with van der Waals surface area (Å²) >= 11 is 6.91. The van der Waals surface area contributed by atoms with Crippen LogP contribution in [0.5, 0.6) is 17.2 Å². The van der Waals surface area contributed by atoms with E-state index in [1.165, 1.54) is 19.2 Å². The molecule has 0 spiro atoms. The smallest absolute Gasteiger partial charge is 0.503 e. The van der Waals surface area contributed by atoms with Gasteiger partial charge in [0.25, 0.3) is 0 Å². The number of phenolic OH excluding ortho intramolecular Hbond substituents is 1. The van der Waals surface area contributed by atoms with Crippen molar-refractivity contribution in [1.82, 2.24) is 10.2 Å². The van der Waals surface area contributed by atoms with Crippen LogP contribution in [0.2, 0.25) is 0 Å². The number of hydrogen-bond donors (Lipinski definition) is 2. The van der Waals surface area contributed by atoms with Crippen LogP contribution >= 0.6 is 31.9 Å². The van der Waals surface area contributed by atoms with Crippen LogP contribution in [0.25, 0.3) is 0 Å². The molecule has 2 N–H and O–H groups in total. The van der Waals surface area contributed by atoms with Crippen molar-refractivity contribution in [3.8, 4) is 17.2 Å². The summed E-state index contributed by atoms with van der Waals surface area (Å²) < 4.78 is 47.8. The van der Waals surface area contributed by atoms with Crippen molar-refractivity contribution < 1.29 is 27.8 Å². The standard InChI is InChI=1S/C19H19Br2F3N2O3/c1-28-14-10-13(15(20)16(21)18(14)27)17(26-8-6-25-7-9-26)11-2-4-12(5-3-11)29-19(22,23)24/h2-5,10,17,25,27H,6-9H2,1H3/t17-/m0/s1. The van der Waals surface area contributed by atoms with E-state index in [2.05, 4.69) is 46.8 Å². The molecule has 5 nitrogen and oxygen atoms in total. The average Bonchev–Trinajstić information content (AvgIpc) is 2.69. The quantitative estimate of drug-likeness (QED) is 0.570. The third-order valence-electron chi connectivity index (χ3n) is 4.63. The number of nitrogens with one attached hydrogen (secondary N) is 1. The Kier molecular flexibility index (Phi) is 6.98. The minimum Gasteiger partial charge on any atom is -0.503 e. The van der Waals surface area contributed by atoms with Gasteiger partial charge in [0.1, 0.15) is 5.75 Å². The number of alkyl halides is 3. The fraction of sp³-hybridized carbons (Fsp3) is 0.368. The highest BCUT2D eigenvalue weighted by atomic mass is 79.9. The lowest BCUT2D eigenvalue weighted by atomic mass is 9.96. The number of ether oxygens (including phenoxy) is 2. The molecule has 1 aliphatic rings. The molecule has 1 heterocycles. The number of phenols is 1. The van der Waals surface area contributed by atoms with Crippen molar-refractivity contribution in [2.24, 2.45) is 0 Å². The van der Waals surface area contributed by atoms with Crippen molar-refractivity contribution in [3.05, 3.63) is 50.4 Å². The van der Waals surface area contributed by atoms with E-state index in [0.29, 0.717) is 14.7 Å². The average molecular weight is 540 g/mol. The Morgan fingerprint density at radius 3 is 2.28 bits per heavy atom. The van der Waals surface area contributed by atoms with Gasteiger partial charge in [0.2, 0.25) is 0 Å². The second-order valence-electron chi connectivity index (χ2n) is 6.45. The number of halogens is 5. The van der Waals surface area contributed by atoms with Crippen LogP contribution in [-0.2, 0) is 0 Å². The lowest BCUT2D eigenvalue weighted by molar-refractivity contribution is -0.274. The molecule has 0 aromatic heterocycles. The van der Waals surface area contributed by atoms with Crippen LogP contribution in [0.4, 0.5) is 13.2 Å². The predicted molar refractivity (Wildman–Crippen MR) is 109 cm³/mol. The van der Waals surface area contributed by atoms with Crippen LogP contribution in [0.1, 0.15) is 17.2 Å². The minimum atomic E-state index is -4.74. The first-order valence-corrected chi connectivity index (χ1v) is 10.3. The molecule has 1 aliphatic heterocycles. The Balaban J connectivity index is 2.06. The van der Waals surface area contributed by atoms with E-state index in [4.69, 9.17) is 4.74 Å². The van der Waals surface area contributed by atoms with E-state index in [1.54, 1.807) is 18.2 Å². The van der Waals surface area contributed by atoms with Crippen LogP contribution in [0.15, 0.2) is 39.3 Å². The van der Waals surface area contributed by atoms with Crippen molar-refractivity contribution in [1.29, 1.82) is 0 Å². The van der Waals surface area contributed by atoms with Gasteiger partial charge in [-0.1, -0.05) is 12.1 Å². The number of aromatic hydroxyl groups is 1. The Labute approximate surface area is 183 Å². The zero-order chi connectivity index (χ0) is 21.2. The van der Waals surface area contributed by atoms with E-state index < -0.39 is 6.36 Å². The van der Waals surface area contributed by atoms with Crippen molar-refractivity contribution >= 4 is 31.9 Å². The number of methoxy groups -OCH3 is 1. The van der Waals surface area contributed by atoms with Gasteiger partial charge in [0, 0.05) is 30.7 Å². The van der Waals surface area contributed by atoms with Crippen molar-refractivity contribution in [3.63, 3.8) is 0 Å². The van der Waals surface area contributed by atoms with E-state index in [0.717, 1.165) is 37.3 Å². The number of hydrogen-bond acceptors (Lipinski definition) is 5. The largest absolute Gasteiger partial charge is 0.573 e. The molecule has 10 heteroatoms. The molecular weight excluding hydrogens is 521 g/mol. The minimum absolute atomic E-state index is 0.0314. The summed E-state index contributed by atoms with van der Waals surface area (Å²) in [5.74, 6) is -0.00723. The summed E-state index contributed by atoms with van der Waals surface area (Å²) in [5.41, 5.74) is 1.61. The molecule has 2 aromatic carbocycles. The van der Waals surface area contributed by atoms with Crippen LogP contribution in [-0.4, -0.2) is 49.7 Å². The SMILES string of the molecule is COc1cc([C@H](c2ccc(OC(F)(F)F)cc2)N2CCNCC2)c(Br)c(Br)c1O. The van der Waals surface area contributed by atoms with Gasteiger partial charge in [-0.2, -0.15) is 0 Å². The van der Waals surface area contributed by atoms with E-state index in [-0.39, 0.29) is 17.5 Å². The van der Waals surface area contributed by atoms with Crippen molar-refractivity contribution in [2.75, 3.05) is 33.3 Å². The zero-order valence-corrected chi connectivity index (χ0v) is 18.6. The topological polar surface area (TPSA) is 54.0 Å². The maximum absolute atomic E-state index is 12.5. The molecule has 0 amide bonds. The number of nitrogens with zero attached hydrogens (tertiary/aromatic N) is 1. The summed E-state index contributed by atoms with van der Waals surface area (Å²) in [6.07, 6.45) is -4.74. The Morgan fingerprint density at radius 2 is 1.72 bits per heavy atom. The highest BCUT2D eigenvalue weighted by Gasteiger charge is 2.32. The van der Waals surface area contributed by atoms with E-state index in [1.807, 2.05) is 0 Å². The molecule has 0 bridgehead atoms. The molecule has 1 fully saturated rings. The Bertz CT molecular complexity index is 857. The van der Waals surface area contributed by atoms with Gasteiger partial charge < -0.3 is 19.9 Å². The van der Waals surface area contributed by atoms with Gasteiger partial charge in [-0.05, 0) is 61.2 Å². The molecule has 0 saturated carbocycles. The first kappa shape index (κ1) is 22.2. The number of rotatable bonds is 5. The zero-order valence-electron chi connectivity index (χ0n) is 15.4. The fourth-order valence-electron chi connectivity index (χ4n) is 3.35. The van der Waals surface area contributed by atoms with Crippen molar-refractivity contribution in [2.45, 2.75) is 12.4 Å². The van der Waals surface area contributed by atoms with Crippen LogP contribution in [0.3, 0.4) is 0 Å². The highest BCUT2D eigenvalue weighted by molar-refractivity contribution is 9.13. The number of benzene rings is 2. The maximum Gasteiger partial charge on any atom is 0.573 e. The third-order valence-corrected chi connectivity index (χ3v) is 6.79. The van der Waals surface area contributed by atoms with Gasteiger partial charge >= 0.3 is 6.36 Å². The van der Waals surface area contributed by atoms with Gasteiger partial charge in [-0.3, -0.25) is 4.90 Å². The molecule has 1 atom stereocenters. The van der Waals surface area contributed by atoms with E-state index >= 15 is 0 Å². The molecular formula is C19H19Br2F3N2O3. The lowest BCUT2D eigenvalue weighted by Gasteiger charge is -2.36. The second-order valence-corrected chi connectivity index (χ2v) is 8.04. The van der Waals surface area contributed by atoms with Gasteiger partial charge in [0.05, 0.1) is 17.6 Å². The molecule has 2 aromatic rings. The molecule has 0 unspecified atom stereocenters. The maximum atomic E-state index is 12.5. The number of piperazine rings is 1. The second kappa shape index (κ2) is 9.11. The molecule has 0 aliphatic carbocycles. The third kappa shape index (κ3) is 5.17. The summed E-state index contributed by atoms with van der Waals surface area (Å²) in [4.78, 5) is 2.22. The van der Waals surface area contributed by atoms with Gasteiger partial charge in [0.15, 0.2) is 11.5 Å². The molecule has 0 radical (unpaired) electrons. The van der Waals surface area contributed by atoms with Crippen LogP contribution in [0, 0.1) is 0 Å². The molecule has 3 rings (SSSR count). The summed E-state index contributed by atoms with van der Waals surface area (Å²) in [6.45, 7) is 3.08. The van der Waals surface area contributed by atoms with E-state index in [9.17, 15) is 18.3 Å².